The van der Waals surface area contributed by atoms with Gasteiger partial charge in [0.25, 0.3) is 0 Å². The van der Waals surface area contributed by atoms with Crippen molar-refractivity contribution in [2.24, 2.45) is 0 Å². The molecule has 17 heavy (non-hydrogen) atoms. The number of piperidine rings is 1. The Bertz CT molecular complexity index is 453. The van der Waals surface area contributed by atoms with Crippen LogP contribution in [-0.2, 0) is 0 Å². The van der Waals surface area contributed by atoms with E-state index in [1.54, 1.807) is 6.20 Å². The van der Waals surface area contributed by atoms with E-state index in [2.05, 4.69) is 39.6 Å². The van der Waals surface area contributed by atoms with Gasteiger partial charge in [0.1, 0.15) is 5.82 Å². The van der Waals surface area contributed by atoms with Crippen LogP contribution in [0.2, 0.25) is 0 Å². The molecule has 2 N–H and O–H groups in total. The SMILES string of the molecule is c1c[nH]c(-c2ccc(C3CCCNC3)cc2)n1. The van der Waals surface area contributed by atoms with E-state index < -0.39 is 0 Å². The first-order valence-corrected chi connectivity index (χ1v) is 6.24. The van der Waals surface area contributed by atoms with E-state index in [-0.39, 0.29) is 0 Å². The number of nitrogens with one attached hydrogen (secondary N) is 2. The average Bonchev–Trinajstić information content (AvgIpc) is 2.94. The molecule has 3 nitrogen and oxygen atoms in total. The molecule has 1 aliphatic heterocycles. The molecule has 0 radical (unpaired) electrons. The van der Waals surface area contributed by atoms with Crippen LogP contribution in [0.15, 0.2) is 36.7 Å². The summed E-state index contributed by atoms with van der Waals surface area (Å²) in [5, 5.41) is 3.46. The molecule has 1 fully saturated rings. The third kappa shape index (κ3) is 2.24. The van der Waals surface area contributed by atoms with E-state index >= 15 is 0 Å². The number of rotatable bonds is 2. The lowest BCUT2D eigenvalue weighted by Crippen LogP contribution is -2.28. The first-order valence-electron chi connectivity index (χ1n) is 6.24. The summed E-state index contributed by atoms with van der Waals surface area (Å²) in [6, 6.07) is 8.77. The number of H-pyrrole nitrogens is 1. The van der Waals surface area contributed by atoms with Gasteiger partial charge < -0.3 is 10.3 Å². The Morgan fingerprint density at radius 2 is 2.06 bits per heavy atom. The summed E-state index contributed by atoms with van der Waals surface area (Å²) < 4.78 is 0. The van der Waals surface area contributed by atoms with Gasteiger partial charge in [0.05, 0.1) is 0 Å². The van der Waals surface area contributed by atoms with Crippen LogP contribution in [0.4, 0.5) is 0 Å². The summed E-state index contributed by atoms with van der Waals surface area (Å²) >= 11 is 0. The number of aromatic amines is 1. The first kappa shape index (κ1) is 10.5. The van der Waals surface area contributed by atoms with Gasteiger partial charge in [-0.3, -0.25) is 0 Å². The van der Waals surface area contributed by atoms with Gasteiger partial charge in [-0.05, 0) is 30.9 Å². The van der Waals surface area contributed by atoms with Gasteiger partial charge in [-0.1, -0.05) is 24.3 Å². The molecule has 2 aromatic rings. The number of hydrogen-bond donors (Lipinski definition) is 2. The molecule has 1 atom stereocenters. The maximum absolute atomic E-state index is 4.26. The lowest BCUT2D eigenvalue weighted by molar-refractivity contribution is 0.461. The molecule has 88 valence electrons. The molecule has 0 saturated carbocycles. The molecule has 2 heterocycles. The highest BCUT2D eigenvalue weighted by molar-refractivity contribution is 5.55. The molecular weight excluding hydrogens is 210 g/mol. The lowest BCUT2D eigenvalue weighted by Gasteiger charge is -2.23. The molecule has 0 amide bonds. The van der Waals surface area contributed by atoms with Crippen molar-refractivity contribution in [2.75, 3.05) is 13.1 Å². The summed E-state index contributed by atoms with van der Waals surface area (Å²) in [5.74, 6) is 1.62. The van der Waals surface area contributed by atoms with Gasteiger partial charge in [0.2, 0.25) is 0 Å². The van der Waals surface area contributed by atoms with Crippen molar-refractivity contribution >= 4 is 0 Å². The maximum atomic E-state index is 4.26. The van der Waals surface area contributed by atoms with Crippen molar-refractivity contribution < 1.29 is 0 Å². The second kappa shape index (κ2) is 4.72. The van der Waals surface area contributed by atoms with Gasteiger partial charge >= 0.3 is 0 Å². The predicted molar refractivity (Wildman–Crippen MR) is 68.9 cm³/mol. The van der Waals surface area contributed by atoms with Crippen LogP contribution in [0.25, 0.3) is 11.4 Å². The third-order valence-electron chi connectivity index (χ3n) is 3.45. The Labute approximate surface area is 101 Å². The van der Waals surface area contributed by atoms with E-state index in [0.717, 1.165) is 17.9 Å². The summed E-state index contributed by atoms with van der Waals surface area (Å²) in [6.07, 6.45) is 6.22. The van der Waals surface area contributed by atoms with Crippen molar-refractivity contribution in [3.63, 3.8) is 0 Å². The van der Waals surface area contributed by atoms with Gasteiger partial charge in [0, 0.05) is 24.5 Å². The molecule has 0 aliphatic carbocycles. The second-order valence-corrected chi connectivity index (χ2v) is 4.60. The zero-order valence-electron chi connectivity index (χ0n) is 9.82. The summed E-state index contributed by atoms with van der Waals surface area (Å²) in [7, 11) is 0. The van der Waals surface area contributed by atoms with E-state index in [9.17, 15) is 0 Å². The molecule has 1 saturated heterocycles. The Kier molecular flexibility index (Phi) is 2.92. The minimum atomic E-state index is 0.675. The fourth-order valence-electron chi connectivity index (χ4n) is 2.47. The van der Waals surface area contributed by atoms with E-state index in [1.807, 2.05) is 6.20 Å². The lowest BCUT2D eigenvalue weighted by atomic mass is 9.91. The largest absolute Gasteiger partial charge is 0.345 e. The van der Waals surface area contributed by atoms with Crippen LogP contribution < -0.4 is 5.32 Å². The van der Waals surface area contributed by atoms with Crippen LogP contribution in [0.3, 0.4) is 0 Å². The molecule has 1 aliphatic rings. The number of nitrogens with zero attached hydrogens (tertiary/aromatic N) is 1. The van der Waals surface area contributed by atoms with Gasteiger partial charge in [0.15, 0.2) is 0 Å². The normalized spacial score (nSPS) is 20.4. The zero-order valence-corrected chi connectivity index (χ0v) is 9.82. The highest BCUT2D eigenvalue weighted by atomic mass is 14.9. The molecule has 1 aromatic heterocycles. The second-order valence-electron chi connectivity index (χ2n) is 4.60. The van der Waals surface area contributed by atoms with Crippen molar-refractivity contribution in [2.45, 2.75) is 18.8 Å². The number of aromatic nitrogens is 2. The minimum absolute atomic E-state index is 0.675. The highest BCUT2D eigenvalue weighted by Gasteiger charge is 2.14. The predicted octanol–water partition coefficient (Wildman–Crippen LogP) is 2.54. The van der Waals surface area contributed by atoms with Gasteiger partial charge in [-0.15, -0.1) is 0 Å². The highest BCUT2D eigenvalue weighted by Crippen LogP contribution is 2.25. The fraction of sp³-hybridized carbons (Fsp3) is 0.357. The van der Waals surface area contributed by atoms with Gasteiger partial charge in [-0.2, -0.15) is 0 Å². The molecule has 0 spiro atoms. The van der Waals surface area contributed by atoms with E-state index in [0.29, 0.717) is 5.92 Å². The quantitative estimate of drug-likeness (QED) is 0.827. The summed E-state index contributed by atoms with van der Waals surface area (Å²) in [6.45, 7) is 2.28. The van der Waals surface area contributed by atoms with E-state index in [4.69, 9.17) is 0 Å². The third-order valence-corrected chi connectivity index (χ3v) is 3.45. The number of benzene rings is 1. The molecule has 1 unspecified atom stereocenters. The Morgan fingerprint density at radius 3 is 2.71 bits per heavy atom. The van der Waals surface area contributed by atoms with Crippen LogP contribution in [-0.4, -0.2) is 23.1 Å². The average molecular weight is 227 g/mol. The van der Waals surface area contributed by atoms with Crippen molar-refractivity contribution in [3.8, 4) is 11.4 Å². The summed E-state index contributed by atoms with van der Waals surface area (Å²) in [5.41, 5.74) is 2.59. The summed E-state index contributed by atoms with van der Waals surface area (Å²) in [4.78, 5) is 7.39. The molecular formula is C14H17N3. The van der Waals surface area contributed by atoms with Crippen LogP contribution >= 0.6 is 0 Å². The van der Waals surface area contributed by atoms with E-state index in [1.165, 1.54) is 24.9 Å². The maximum Gasteiger partial charge on any atom is 0.137 e. The minimum Gasteiger partial charge on any atom is -0.345 e. The van der Waals surface area contributed by atoms with Crippen molar-refractivity contribution in [1.29, 1.82) is 0 Å². The molecule has 3 rings (SSSR count). The van der Waals surface area contributed by atoms with Crippen LogP contribution in [0, 0.1) is 0 Å². The van der Waals surface area contributed by atoms with Crippen molar-refractivity contribution in [1.82, 2.24) is 15.3 Å². The van der Waals surface area contributed by atoms with Crippen LogP contribution in [0.5, 0.6) is 0 Å². The molecule has 0 bridgehead atoms. The zero-order chi connectivity index (χ0) is 11.5. The Morgan fingerprint density at radius 1 is 1.18 bits per heavy atom. The Hall–Kier alpha value is -1.61. The number of imidazole rings is 1. The monoisotopic (exact) mass is 227 g/mol. The van der Waals surface area contributed by atoms with Crippen molar-refractivity contribution in [3.05, 3.63) is 42.2 Å². The fourth-order valence-corrected chi connectivity index (χ4v) is 2.47. The van der Waals surface area contributed by atoms with Crippen LogP contribution in [0.1, 0.15) is 24.3 Å². The molecule has 1 aromatic carbocycles. The first-order chi connectivity index (χ1) is 8.43. The topological polar surface area (TPSA) is 40.7 Å². The standard InChI is InChI=1S/C14H17N3/c1-2-13(10-15-7-1)11-3-5-12(6-4-11)14-16-8-9-17-14/h3-6,8-9,13,15H,1-2,7,10H2,(H,16,17). The molecule has 3 heteroatoms. The smallest absolute Gasteiger partial charge is 0.137 e. The Balaban J connectivity index is 1.80. The number of hydrogen-bond acceptors (Lipinski definition) is 2. The van der Waals surface area contributed by atoms with Gasteiger partial charge in [-0.25, -0.2) is 4.98 Å².